The van der Waals surface area contributed by atoms with Crippen LogP contribution in [0, 0.1) is 0 Å². The van der Waals surface area contributed by atoms with Gasteiger partial charge >= 0.3 is 6.18 Å². The van der Waals surface area contributed by atoms with Crippen LogP contribution in [0.5, 0.6) is 11.5 Å². The Hall–Kier alpha value is -2.31. The fourth-order valence-electron chi connectivity index (χ4n) is 2.18. The smallest absolute Gasteiger partial charge is 0.402 e. The highest BCUT2D eigenvalue weighted by Gasteiger charge is 2.30. The molecule has 0 fully saturated rings. The van der Waals surface area contributed by atoms with Gasteiger partial charge in [-0.1, -0.05) is 0 Å². The molecule has 2 rings (SSSR count). The Labute approximate surface area is 173 Å². The number of sulfonamides is 1. The van der Waals surface area contributed by atoms with E-state index in [0.29, 0.717) is 16.0 Å². The number of halogens is 4. The van der Waals surface area contributed by atoms with Gasteiger partial charge in [-0.15, -0.1) is 0 Å². The molecule has 2 N–H and O–H groups in total. The number of alkyl halides is 3. The molecule has 29 heavy (non-hydrogen) atoms. The molecule has 0 bridgehead atoms. The van der Waals surface area contributed by atoms with Crippen LogP contribution in [0.3, 0.4) is 0 Å². The monoisotopic (exact) mass is 496 g/mol. The lowest BCUT2D eigenvalue weighted by Gasteiger charge is -2.12. The maximum Gasteiger partial charge on any atom is 0.402 e. The van der Waals surface area contributed by atoms with E-state index >= 15 is 0 Å². The van der Waals surface area contributed by atoms with E-state index in [1.807, 2.05) is 0 Å². The van der Waals surface area contributed by atoms with E-state index in [-0.39, 0.29) is 16.1 Å². The zero-order valence-electron chi connectivity index (χ0n) is 15.1. The van der Waals surface area contributed by atoms with Gasteiger partial charge in [0, 0.05) is 11.3 Å². The highest BCUT2D eigenvalue weighted by molar-refractivity contribution is 9.10. The summed E-state index contributed by atoms with van der Waals surface area (Å²) in [6.07, 6.45) is -4.67. The van der Waals surface area contributed by atoms with E-state index in [2.05, 4.69) is 21.2 Å². The van der Waals surface area contributed by atoms with Crippen molar-refractivity contribution in [3.8, 4) is 11.5 Å². The minimum absolute atomic E-state index is 0.213. The van der Waals surface area contributed by atoms with Crippen LogP contribution in [-0.2, 0) is 10.0 Å². The number of ether oxygens (including phenoxy) is 2. The number of methoxy groups -OCH3 is 2. The molecule has 0 heterocycles. The van der Waals surface area contributed by atoms with Gasteiger partial charge < -0.3 is 14.8 Å². The molecule has 0 aliphatic heterocycles. The Morgan fingerprint density at radius 2 is 1.59 bits per heavy atom. The van der Waals surface area contributed by atoms with Gasteiger partial charge in [0.15, 0.2) is 0 Å². The number of nitrogens with one attached hydrogen (secondary N) is 2. The summed E-state index contributed by atoms with van der Waals surface area (Å²) < 4.78 is 72.7. The topological polar surface area (TPSA) is 93.7 Å². The normalized spacial score (nSPS) is 11.8. The number of anilines is 1. The van der Waals surface area contributed by atoms with E-state index in [1.54, 1.807) is 0 Å². The number of benzene rings is 2. The van der Waals surface area contributed by atoms with Gasteiger partial charge in [-0.25, -0.2) is 13.1 Å². The first-order chi connectivity index (χ1) is 13.5. The van der Waals surface area contributed by atoms with Crippen molar-refractivity contribution in [3.63, 3.8) is 0 Å². The number of hydrogen-bond acceptors (Lipinski definition) is 5. The molecule has 0 aliphatic carbocycles. The fourth-order valence-corrected chi connectivity index (χ4v) is 3.75. The predicted octanol–water partition coefficient (Wildman–Crippen LogP) is 3.56. The maximum atomic E-state index is 12.5. The standard InChI is InChI=1S/C17H16BrF3N2O5S/c1-27-13-7-10(8-14(28-2)15(13)18)16(24)23-11-3-5-12(6-4-11)29(25,26)22-9-17(19,20)21/h3-8,22H,9H2,1-2H3,(H,23,24). The van der Waals surface area contributed by atoms with Crippen molar-refractivity contribution >= 4 is 37.5 Å². The summed E-state index contributed by atoms with van der Waals surface area (Å²) in [6, 6.07) is 7.62. The number of carbonyl (C=O) groups is 1. The highest BCUT2D eigenvalue weighted by Crippen LogP contribution is 2.35. The lowest BCUT2D eigenvalue weighted by Crippen LogP contribution is -2.33. The zero-order chi connectivity index (χ0) is 21.8. The number of amides is 1. The second kappa shape index (κ2) is 9.01. The molecule has 158 valence electrons. The van der Waals surface area contributed by atoms with Crippen molar-refractivity contribution in [3.05, 3.63) is 46.4 Å². The van der Waals surface area contributed by atoms with Crippen LogP contribution in [-0.4, -0.2) is 41.3 Å². The highest BCUT2D eigenvalue weighted by atomic mass is 79.9. The van der Waals surface area contributed by atoms with Crippen molar-refractivity contribution in [2.45, 2.75) is 11.1 Å². The molecule has 7 nitrogen and oxygen atoms in total. The van der Waals surface area contributed by atoms with Crippen LogP contribution >= 0.6 is 15.9 Å². The molecule has 12 heteroatoms. The Kier molecular flexibility index (Phi) is 7.14. The third-order valence-electron chi connectivity index (χ3n) is 3.59. The summed E-state index contributed by atoms with van der Waals surface area (Å²) in [7, 11) is -1.49. The molecule has 0 aliphatic rings. The summed E-state index contributed by atoms with van der Waals surface area (Å²) >= 11 is 3.29. The molecule has 0 spiro atoms. The van der Waals surface area contributed by atoms with E-state index in [0.717, 1.165) is 12.1 Å². The predicted molar refractivity (Wildman–Crippen MR) is 103 cm³/mol. The van der Waals surface area contributed by atoms with Gasteiger partial charge in [0.05, 0.1) is 19.1 Å². The van der Waals surface area contributed by atoms with E-state index in [9.17, 15) is 26.4 Å². The van der Waals surface area contributed by atoms with E-state index in [4.69, 9.17) is 9.47 Å². The summed E-state index contributed by atoms with van der Waals surface area (Å²) in [6.45, 7) is -1.68. The Morgan fingerprint density at radius 1 is 1.07 bits per heavy atom. The van der Waals surface area contributed by atoms with Crippen LogP contribution < -0.4 is 19.5 Å². The summed E-state index contributed by atoms with van der Waals surface area (Å²) in [4.78, 5) is 12.1. The minimum atomic E-state index is -4.67. The summed E-state index contributed by atoms with van der Waals surface area (Å²) in [5.74, 6) is 0.207. The van der Waals surface area contributed by atoms with Crippen molar-refractivity contribution < 1.29 is 35.9 Å². The minimum Gasteiger partial charge on any atom is -0.495 e. The number of rotatable bonds is 7. The van der Waals surface area contributed by atoms with Gasteiger partial charge in [0.1, 0.15) is 22.5 Å². The summed E-state index contributed by atoms with van der Waals surface area (Å²) in [5.41, 5.74) is 0.455. The quantitative estimate of drug-likeness (QED) is 0.611. The molecule has 0 saturated heterocycles. The van der Waals surface area contributed by atoms with Crippen LogP contribution in [0.25, 0.3) is 0 Å². The van der Waals surface area contributed by atoms with Gasteiger partial charge in [0.25, 0.3) is 5.91 Å². The fraction of sp³-hybridized carbons (Fsp3) is 0.235. The second-order valence-corrected chi connectivity index (χ2v) is 8.17. The SMILES string of the molecule is COc1cc(C(=O)Nc2ccc(S(=O)(=O)NCC(F)(F)F)cc2)cc(OC)c1Br. The van der Waals surface area contributed by atoms with Crippen molar-refractivity contribution in [2.75, 3.05) is 26.1 Å². The Bertz CT molecular complexity index is 970. The third-order valence-corrected chi connectivity index (χ3v) is 5.79. The Balaban J connectivity index is 2.17. The largest absolute Gasteiger partial charge is 0.495 e. The molecule has 0 atom stereocenters. The maximum absolute atomic E-state index is 12.5. The molecular formula is C17H16BrF3N2O5S. The molecule has 1 amide bonds. The van der Waals surface area contributed by atoms with E-state index in [1.165, 1.54) is 43.2 Å². The van der Waals surface area contributed by atoms with Crippen LogP contribution in [0.4, 0.5) is 18.9 Å². The van der Waals surface area contributed by atoms with Gasteiger partial charge in [-0.3, -0.25) is 4.79 Å². The zero-order valence-corrected chi connectivity index (χ0v) is 17.5. The first-order valence-electron chi connectivity index (χ1n) is 7.86. The second-order valence-electron chi connectivity index (χ2n) is 5.61. The number of hydrogen-bond donors (Lipinski definition) is 2. The first-order valence-corrected chi connectivity index (χ1v) is 10.1. The molecule has 2 aromatic carbocycles. The molecular weight excluding hydrogens is 481 g/mol. The molecule has 2 aromatic rings. The molecule has 0 radical (unpaired) electrons. The van der Waals surface area contributed by atoms with Crippen LogP contribution in [0.2, 0.25) is 0 Å². The molecule has 0 unspecified atom stereocenters. The van der Waals surface area contributed by atoms with Gasteiger partial charge in [0.2, 0.25) is 10.0 Å². The lowest BCUT2D eigenvalue weighted by molar-refractivity contribution is -0.121. The summed E-state index contributed by atoms with van der Waals surface area (Å²) in [5, 5.41) is 2.55. The van der Waals surface area contributed by atoms with Crippen LogP contribution in [0.15, 0.2) is 45.8 Å². The van der Waals surface area contributed by atoms with Crippen LogP contribution in [0.1, 0.15) is 10.4 Å². The van der Waals surface area contributed by atoms with Crippen molar-refractivity contribution in [2.24, 2.45) is 0 Å². The lowest BCUT2D eigenvalue weighted by atomic mass is 10.1. The number of carbonyl (C=O) groups excluding carboxylic acids is 1. The Morgan fingerprint density at radius 3 is 2.03 bits per heavy atom. The average molecular weight is 497 g/mol. The molecule has 0 aromatic heterocycles. The van der Waals surface area contributed by atoms with E-state index < -0.39 is 28.7 Å². The average Bonchev–Trinajstić information content (AvgIpc) is 2.66. The van der Waals surface area contributed by atoms with Gasteiger partial charge in [-0.2, -0.15) is 13.2 Å². The third kappa shape index (κ3) is 6.08. The van der Waals surface area contributed by atoms with Gasteiger partial charge in [-0.05, 0) is 52.3 Å². The van der Waals surface area contributed by atoms with Crippen molar-refractivity contribution in [1.29, 1.82) is 0 Å². The van der Waals surface area contributed by atoms with Crippen molar-refractivity contribution in [1.82, 2.24) is 4.72 Å². The molecule has 0 saturated carbocycles. The first kappa shape index (κ1) is 23.0.